The second-order valence-electron chi connectivity index (χ2n) is 3.62. The molecular weight excluding hydrogens is 296 g/mol. The molecule has 1 atom stereocenters. The van der Waals surface area contributed by atoms with E-state index in [1.807, 2.05) is 6.07 Å². The van der Waals surface area contributed by atoms with Gasteiger partial charge in [0, 0.05) is 5.41 Å². The molecule has 1 aromatic heterocycles. The van der Waals surface area contributed by atoms with Gasteiger partial charge >= 0.3 is 0 Å². The highest BCUT2D eigenvalue weighted by Gasteiger charge is 2.27. The number of sulfone groups is 1. The van der Waals surface area contributed by atoms with Crippen LogP contribution in [0.1, 0.15) is 4.88 Å². The topological polar surface area (TPSA) is 104 Å². The summed E-state index contributed by atoms with van der Waals surface area (Å²) in [5.41, 5.74) is 0. The highest BCUT2D eigenvalue weighted by atomic mass is 32.2. The molecule has 2 rings (SSSR count). The molecule has 96 valence electrons. The quantitative estimate of drug-likeness (QED) is 0.859. The normalized spacial score (nSPS) is 21.8. The van der Waals surface area contributed by atoms with Crippen molar-refractivity contribution < 1.29 is 16.8 Å². The van der Waals surface area contributed by atoms with Gasteiger partial charge in [-0.25, -0.2) is 21.6 Å². The second kappa shape index (κ2) is 4.47. The molecule has 0 saturated carbocycles. The van der Waals surface area contributed by atoms with Crippen LogP contribution in [0, 0.1) is 11.3 Å². The zero-order valence-electron chi connectivity index (χ0n) is 8.90. The van der Waals surface area contributed by atoms with Gasteiger partial charge in [-0.15, -0.1) is 11.3 Å². The monoisotopic (exact) mass is 304 g/mol. The summed E-state index contributed by atoms with van der Waals surface area (Å²) in [7, 11) is -7.09. The Morgan fingerprint density at radius 3 is 2.67 bits per heavy atom. The fourth-order valence-corrected chi connectivity index (χ4v) is 5.08. The van der Waals surface area contributed by atoms with Crippen LogP contribution >= 0.6 is 11.3 Å². The van der Waals surface area contributed by atoms with E-state index in [0.29, 0.717) is 0 Å². The zero-order chi connectivity index (χ0) is 13.4. The number of thiophene rings is 1. The van der Waals surface area contributed by atoms with Crippen molar-refractivity contribution >= 4 is 31.2 Å². The first kappa shape index (κ1) is 13.2. The molecule has 1 aliphatic heterocycles. The van der Waals surface area contributed by atoms with Crippen molar-refractivity contribution in [2.75, 3.05) is 5.75 Å². The average molecular weight is 304 g/mol. The average Bonchev–Trinajstić information content (AvgIpc) is 2.84. The first-order chi connectivity index (χ1) is 8.32. The van der Waals surface area contributed by atoms with Gasteiger partial charge in [0.25, 0.3) is 10.0 Å². The Hall–Kier alpha value is -1.21. The molecule has 0 saturated heterocycles. The molecule has 9 heteroatoms. The third kappa shape index (κ3) is 2.78. The van der Waals surface area contributed by atoms with E-state index in [1.165, 1.54) is 18.2 Å². The fraction of sp³-hybridized carbons (Fsp3) is 0.222. The maximum absolute atomic E-state index is 11.9. The Kier molecular flexibility index (Phi) is 3.29. The lowest BCUT2D eigenvalue weighted by Gasteiger charge is -2.08. The van der Waals surface area contributed by atoms with Crippen LogP contribution in [0.3, 0.4) is 0 Å². The van der Waals surface area contributed by atoms with Crippen molar-refractivity contribution in [2.45, 2.75) is 10.3 Å². The minimum Gasteiger partial charge on any atom is -0.224 e. The van der Waals surface area contributed by atoms with E-state index in [4.69, 9.17) is 5.26 Å². The molecule has 1 aliphatic rings. The highest BCUT2D eigenvalue weighted by Crippen LogP contribution is 2.21. The molecule has 1 N–H and O–H groups in total. The summed E-state index contributed by atoms with van der Waals surface area (Å²) in [5, 5.41) is 9.62. The number of hydrogen-bond donors (Lipinski definition) is 1. The first-order valence-corrected chi connectivity index (χ1v) is 8.77. The second-order valence-corrected chi connectivity index (χ2v) is 8.57. The molecular formula is C9H8N2O4S3. The van der Waals surface area contributed by atoms with Crippen LogP contribution in [0.2, 0.25) is 0 Å². The van der Waals surface area contributed by atoms with Crippen molar-refractivity contribution in [3.05, 3.63) is 28.5 Å². The van der Waals surface area contributed by atoms with Gasteiger partial charge in [0.05, 0.1) is 11.8 Å². The first-order valence-electron chi connectivity index (χ1n) is 4.76. The van der Waals surface area contributed by atoms with E-state index in [1.54, 1.807) is 0 Å². The Balaban J connectivity index is 2.19. The molecule has 0 fully saturated rings. The van der Waals surface area contributed by atoms with Crippen LogP contribution in [-0.2, 0) is 19.9 Å². The largest absolute Gasteiger partial charge is 0.250 e. The van der Waals surface area contributed by atoms with Crippen molar-refractivity contribution in [1.29, 1.82) is 5.26 Å². The molecule has 1 aromatic rings. The summed E-state index contributed by atoms with van der Waals surface area (Å²) < 4.78 is 48.4. The van der Waals surface area contributed by atoms with Crippen LogP contribution in [-0.4, -0.2) is 28.6 Å². The van der Waals surface area contributed by atoms with Crippen LogP contribution in [0.4, 0.5) is 0 Å². The molecule has 18 heavy (non-hydrogen) atoms. The lowest BCUT2D eigenvalue weighted by molar-refractivity contribution is 0.577. The van der Waals surface area contributed by atoms with Gasteiger partial charge in [-0.2, -0.15) is 5.26 Å². The summed E-state index contributed by atoms with van der Waals surface area (Å²) in [6.45, 7) is 0. The predicted octanol–water partition coefficient (Wildman–Crippen LogP) is 0.209. The van der Waals surface area contributed by atoms with E-state index < -0.39 is 25.9 Å². The Bertz CT molecular complexity index is 737. The molecule has 0 radical (unpaired) electrons. The van der Waals surface area contributed by atoms with Crippen LogP contribution in [0.15, 0.2) is 27.8 Å². The van der Waals surface area contributed by atoms with E-state index in [0.717, 1.165) is 16.7 Å². The molecule has 0 aromatic carbocycles. The third-order valence-corrected chi connectivity index (χ3v) is 6.56. The number of nitrogens with zero attached hydrogens (tertiary/aromatic N) is 1. The predicted molar refractivity (Wildman–Crippen MR) is 66.1 cm³/mol. The lowest BCUT2D eigenvalue weighted by Crippen LogP contribution is -2.35. The number of nitrogens with one attached hydrogen (secondary N) is 1. The smallest absolute Gasteiger partial charge is 0.224 e. The van der Waals surface area contributed by atoms with Gasteiger partial charge in [0.2, 0.25) is 0 Å². The number of nitriles is 1. The minimum absolute atomic E-state index is 0.00301. The van der Waals surface area contributed by atoms with Crippen molar-refractivity contribution in [3.8, 4) is 6.07 Å². The van der Waals surface area contributed by atoms with E-state index in [-0.39, 0.29) is 14.8 Å². The maximum atomic E-state index is 11.9. The fourth-order valence-electron chi connectivity index (χ4n) is 1.43. The van der Waals surface area contributed by atoms with E-state index >= 15 is 0 Å². The summed E-state index contributed by atoms with van der Waals surface area (Å²) in [5.74, 6) is -0.275. The summed E-state index contributed by atoms with van der Waals surface area (Å²) in [4.78, 5) is 0.282. The van der Waals surface area contributed by atoms with Gasteiger partial charge in [-0.1, -0.05) is 6.08 Å². The SMILES string of the molecule is N#Cc1ccc(S(=O)(=O)NC2C=CS(=O)(=O)C2)s1. The van der Waals surface area contributed by atoms with Crippen LogP contribution < -0.4 is 4.72 Å². The molecule has 1 unspecified atom stereocenters. The third-order valence-electron chi connectivity index (χ3n) is 2.19. The number of rotatable bonds is 3. The van der Waals surface area contributed by atoms with Crippen molar-refractivity contribution in [3.63, 3.8) is 0 Å². The standard InChI is InChI=1S/C9H8N2O4S3/c10-5-8-1-2-9(16-8)18(14,15)11-7-3-4-17(12,13)6-7/h1-4,7,11H,6H2. The summed E-state index contributed by atoms with van der Waals surface area (Å²) >= 11 is 0.838. The molecule has 0 spiro atoms. The zero-order valence-corrected chi connectivity index (χ0v) is 11.3. The van der Waals surface area contributed by atoms with Crippen LogP contribution in [0.5, 0.6) is 0 Å². The maximum Gasteiger partial charge on any atom is 0.250 e. The molecule has 0 bridgehead atoms. The molecule has 0 aliphatic carbocycles. The van der Waals surface area contributed by atoms with Gasteiger partial charge < -0.3 is 0 Å². The molecule has 2 heterocycles. The summed E-state index contributed by atoms with van der Waals surface area (Å²) in [6, 6.07) is 3.81. The van der Waals surface area contributed by atoms with Gasteiger partial charge in [0.1, 0.15) is 15.2 Å². The molecule has 6 nitrogen and oxygen atoms in total. The van der Waals surface area contributed by atoms with Crippen molar-refractivity contribution in [2.24, 2.45) is 0 Å². The van der Waals surface area contributed by atoms with Gasteiger partial charge in [-0.3, -0.25) is 0 Å². The van der Waals surface area contributed by atoms with Crippen molar-refractivity contribution in [1.82, 2.24) is 4.72 Å². The molecule has 0 amide bonds. The number of sulfonamides is 1. The van der Waals surface area contributed by atoms with Gasteiger partial charge in [-0.05, 0) is 12.1 Å². The Morgan fingerprint density at radius 2 is 2.17 bits per heavy atom. The Morgan fingerprint density at radius 1 is 1.44 bits per heavy atom. The minimum atomic E-state index is -3.78. The van der Waals surface area contributed by atoms with E-state index in [9.17, 15) is 16.8 Å². The van der Waals surface area contributed by atoms with Gasteiger partial charge in [0.15, 0.2) is 9.84 Å². The van der Waals surface area contributed by atoms with Crippen LogP contribution in [0.25, 0.3) is 0 Å². The Labute approximate surface area is 109 Å². The highest BCUT2D eigenvalue weighted by molar-refractivity contribution is 7.94. The lowest BCUT2D eigenvalue weighted by atomic mass is 10.4. The van der Waals surface area contributed by atoms with E-state index in [2.05, 4.69) is 4.72 Å². The summed E-state index contributed by atoms with van der Waals surface area (Å²) in [6.07, 6.45) is 1.30. The number of hydrogen-bond acceptors (Lipinski definition) is 6.